The van der Waals surface area contributed by atoms with Gasteiger partial charge in [0.1, 0.15) is 0 Å². The summed E-state index contributed by atoms with van der Waals surface area (Å²) in [6.07, 6.45) is 1.92. The molecule has 1 amide bonds. The van der Waals surface area contributed by atoms with Crippen LogP contribution in [0.4, 0.5) is 0 Å². The predicted molar refractivity (Wildman–Crippen MR) is 59.8 cm³/mol. The zero-order valence-corrected chi connectivity index (χ0v) is 9.90. The van der Waals surface area contributed by atoms with Gasteiger partial charge in [0.25, 0.3) is 0 Å². The second-order valence-electron chi connectivity index (χ2n) is 4.59. The highest BCUT2D eigenvalue weighted by Gasteiger charge is 2.42. The Morgan fingerprint density at radius 3 is 2.62 bits per heavy atom. The number of amides is 1. The number of carbonyl (C=O) groups excluding carboxylic acids is 1. The molecule has 1 saturated heterocycles. The number of carbonyl (C=O) groups is 2. The number of hydrogen-bond acceptors (Lipinski definition) is 3. The maximum atomic E-state index is 11.7. The second kappa shape index (κ2) is 4.82. The van der Waals surface area contributed by atoms with Crippen molar-refractivity contribution in [1.29, 1.82) is 0 Å². The number of hydrogen-bond donors (Lipinski definition) is 2. The van der Waals surface area contributed by atoms with Crippen molar-refractivity contribution < 1.29 is 14.7 Å². The van der Waals surface area contributed by atoms with Crippen LogP contribution in [0.25, 0.3) is 0 Å². The van der Waals surface area contributed by atoms with Crippen molar-refractivity contribution in [3.05, 3.63) is 0 Å². The van der Waals surface area contributed by atoms with Gasteiger partial charge in [-0.1, -0.05) is 6.92 Å². The van der Waals surface area contributed by atoms with E-state index in [-0.39, 0.29) is 5.91 Å². The molecule has 1 fully saturated rings. The first-order valence-electron chi connectivity index (χ1n) is 5.71. The van der Waals surface area contributed by atoms with E-state index in [4.69, 9.17) is 5.73 Å². The molecule has 1 heterocycles. The molecule has 0 spiro atoms. The molecule has 5 nitrogen and oxygen atoms in total. The first-order chi connectivity index (χ1) is 7.43. The third-order valence-electron chi connectivity index (χ3n) is 3.41. The number of aliphatic carboxylic acids is 1. The van der Waals surface area contributed by atoms with Gasteiger partial charge in [0, 0.05) is 13.1 Å². The minimum absolute atomic E-state index is 0.154. The topological polar surface area (TPSA) is 83.6 Å². The quantitative estimate of drug-likeness (QED) is 0.734. The molecule has 0 aromatic heterocycles. The molecule has 3 N–H and O–H groups in total. The third kappa shape index (κ3) is 2.35. The Balaban J connectivity index is 2.80. The highest BCUT2D eigenvalue weighted by molar-refractivity contribution is 5.83. The molecule has 0 radical (unpaired) electrons. The highest BCUT2D eigenvalue weighted by atomic mass is 16.4. The van der Waals surface area contributed by atoms with Crippen molar-refractivity contribution in [1.82, 2.24) is 4.90 Å². The lowest BCUT2D eigenvalue weighted by molar-refractivity contribution is -0.155. The lowest BCUT2D eigenvalue weighted by Gasteiger charge is -2.40. The maximum Gasteiger partial charge on any atom is 0.311 e. The number of nitrogens with zero attached hydrogens (tertiary/aromatic N) is 1. The van der Waals surface area contributed by atoms with E-state index in [0.29, 0.717) is 25.9 Å². The first kappa shape index (κ1) is 13.0. The summed E-state index contributed by atoms with van der Waals surface area (Å²) < 4.78 is 0. The molecule has 1 rings (SSSR count). The van der Waals surface area contributed by atoms with E-state index in [1.54, 1.807) is 11.8 Å². The van der Waals surface area contributed by atoms with Crippen molar-refractivity contribution in [2.75, 3.05) is 13.1 Å². The van der Waals surface area contributed by atoms with Crippen LogP contribution < -0.4 is 5.73 Å². The van der Waals surface area contributed by atoms with Gasteiger partial charge in [-0.3, -0.25) is 9.59 Å². The molecule has 0 bridgehead atoms. The lowest BCUT2D eigenvalue weighted by Crippen LogP contribution is -2.53. The van der Waals surface area contributed by atoms with E-state index < -0.39 is 17.4 Å². The third-order valence-corrected chi connectivity index (χ3v) is 3.41. The number of carboxylic acid groups (broad SMARTS) is 1. The molecule has 2 atom stereocenters. The van der Waals surface area contributed by atoms with E-state index in [2.05, 4.69) is 0 Å². The van der Waals surface area contributed by atoms with Crippen molar-refractivity contribution in [2.24, 2.45) is 11.1 Å². The van der Waals surface area contributed by atoms with E-state index in [0.717, 1.165) is 6.42 Å². The Hall–Kier alpha value is -1.10. The fourth-order valence-corrected chi connectivity index (χ4v) is 2.22. The molecule has 1 unspecified atom stereocenters. The molecule has 0 aromatic rings. The summed E-state index contributed by atoms with van der Waals surface area (Å²) in [7, 11) is 0. The van der Waals surface area contributed by atoms with Gasteiger partial charge in [0.2, 0.25) is 5.91 Å². The first-order valence-corrected chi connectivity index (χ1v) is 5.71. The van der Waals surface area contributed by atoms with Crippen LogP contribution in [-0.4, -0.2) is 41.0 Å². The summed E-state index contributed by atoms with van der Waals surface area (Å²) in [5.74, 6) is -0.962. The minimum Gasteiger partial charge on any atom is -0.481 e. The normalized spacial score (nSPS) is 27.6. The smallest absolute Gasteiger partial charge is 0.311 e. The molecule has 1 aliphatic heterocycles. The van der Waals surface area contributed by atoms with Crippen LogP contribution in [0.15, 0.2) is 0 Å². The predicted octanol–water partition coefficient (Wildman–Crippen LogP) is 0.437. The van der Waals surface area contributed by atoms with Crippen LogP contribution in [0, 0.1) is 5.41 Å². The Morgan fingerprint density at radius 2 is 2.19 bits per heavy atom. The van der Waals surface area contributed by atoms with Gasteiger partial charge >= 0.3 is 5.97 Å². The molecule has 1 aliphatic rings. The maximum absolute atomic E-state index is 11.7. The number of nitrogens with two attached hydrogens (primary N) is 1. The highest BCUT2D eigenvalue weighted by Crippen LogP contribution is 2.33. The standard InChI is InChI=1S/C11H20N2O3/c1-3-11(10(15)16)5-4-6-13(7-11)9(14)8(2)12/h8H,3-7,12H2,1-2H3,(H,15,16)/t8-,11?/m1/s1. The largest absolute Gasteiger partial charge is 0.481 e. The van der Waals surface area contributed by atoms with Crippen molar-refractivity contribution in [2.45, 2.75) is 39.2 Å². The van der Waals surface area contributed by atoms with Gasteiger partial charge in [-0.2, -0.15) is 0 Å². The summed E-state index contributed by atoms with van der Waals surface area (Å²) >= 11 is 0. The molecular weight excluding hydrogens is 208 g/mol. The van der Waals surface area contributed by atoms with Crippen LogP contribution >= 0.6 is 0 Å². The summed E-state index contributed by atoms with van der Waals surface area (Å²) in [5, 5.41) is 9.26. The number of likely N-dealkylation sites (tertiary alicyclic amines) is 1. The van der Waals surface area contributed by atoms with E-state index in [1.807, 2.05) is 6.92 Å². The van der Waals surface area contributed by atoms with Gasteiger partial charge in [-0.25, -0.2) is 0 Å². The Labute approximate surface area is 95.6 Å². The van der Waals surface area contributed by atoms with Gasteiger partial charge in [0.15, 0.2) is 0 Å². The number of rotatable bonds is 3. The van der Waals surface area contributed by atoms with Crippen LogP contribution in [0.5, 0.6) is 0 Å². The Morgan fingerprint density at radius 1 is 1.56 bits per heavy atom. The van der Waals surface area contributed by atoms with Crippen LogP contribution in [0.1, 0.15) is 33.1 Å². The second-order valence-corrected chi connectivity index (χ2v) is 4.59. The number of carboxylic acids is 1. The van der Waals surface area contributed by atoms with Crippen molar-refractivity contribution >= 4 is 11.9 Å². The number of piperidine rings is 1. The van der Waals surface area contributed by atoms with E-state index in [9.17, 15) is 14.7 Å². The molecule has 0 aromatic carbocycles. The monoisotopic (exact) mass is 228 g/mol. The van der Waals surface area contributed by atoms with Crippen LogP contribution in [-0.2, 0) is 9.59 Å². The van der Waals surface area contributed by atoms with Crippen LogP contribution in [0.3, 0.4) is 0 Å². The Kier molecular flexibility index (Phi) is 3.91. The van der Waals surface area contributed by atoms with Gasteiger partial charge in [-0.05, 0) is 26.2 Å². The molecule has 92 valence electrons. The molecule has 5 heteroatoms. The molecule has 0 aliphatic carbocycles. The average molecular weight is 228 g/mol. The van der Waals surface area contributed by atoms with Crippen molar-refractivity contribution in [3.63, 3.8) is 0 Å². The molecule has 16 heavy (non-hydrogen) atoms. The zero-order chi connectivity index (χ0) is 12.3. The summed E-state index contributed by atoms with van der Waals surface area (Å²) in [6.45, 7) is 4.40. The van der Waals surface area contributed by atoms with E-state index in [1.165, 1.54) is 0 Å². The SMILES string of the molecule is CCC1(C(=O)O)CCCN(C(=O)[C@@H](C)N)C1. The van der Waals surface area contributed by atoms with Crippen molar-refractivity contribution in [3.8, 4) is 0 Å². The van der Waals surface area contributed by atoms with Gasteiger partial charge in [0.05, 0.1) is 11.5 Å². The summed E-state index contributed by atoms with van der Waals surface area (Å²) in [4.78, 5) is 24.6. The van der Waals surface area contributed by atoms with E-state index >= 15 is 0 Å². The Bertz CT molecular complexity index is 291. The van der Waals surface area contributed by atoms with Gasteiger partial charge < -0.3 is 15.7 Å². The zero-order valence-electron chi connectivity index (χ0n) is 9.90. The summed E-state index contributed by atoms with van der Waals surface area (Å²) in [6, 6.07) is -0.554. The molecular formula is C11H20N2O3. The fourth-order valence-electron chi connectivity index (χ4n) is 2.22. The summed E-state index contributed by atoms with van der Waals surface area (Å²) in [5.41, 5.74) is 4.76. The fraction of sp³-hybridized carbons (Fsp3) is 0.818. The lowest BCUT2D eigenvalue weighted by atomic mass is 9.77. The van der Waals surface area contributed by atoms with Crippen LogP contribution in [0.2, 0.25) is 0 Å². The molecule has 0 saturated carbocycles. The van der Waals surface area contributed by atoms with Gasteiger partial charge in [-0.15, -0.1) is 0 Å². The average Bonchev–Trinajstić information content (AvgIpc) is 2.27. The minimum atomic E-state index is -0.808.